The molecule has 3 rings (SSSR count). The quantitative estimate of drug-likeness (QED) is 0.588. The van der Waals surface area contributed by atoms with Crippen molar-refractivity contribution in [3.63, 3.8) is 0 Å². The molecule has 0 saturated heterocycles. The lowest BCUT2D eigenvalue weighted by atomic mass is 10.2. The number of ether oxygens (including phenoxy) is 1. The fraction of sp³-hybridized carbons (Fsp3) is 0.100. The molecule has 0 aliphatic heterocycles. The van der Waals surface area contributed by atoms with Crippen LogP contribution in [0.3, 0.4) is 0 Å². The summed E-state index contributed by atoms with van der Waals surface area (Å²) in [5.74, 6) is 0.475. The molecule has 2 N–H and O–H groups in total. The summed E-state index contributed by atoms with van der Waals surface area (Å²) in [6, 6.07) is 17.5. The minimum Gasteiger partial charge on any atom is -0.484 e. The van der Waals surface area contributed by atoms with Crippen LogP contribution >= 0.6 is 0 Å². The Morgan fingerprint density at radius 2 is 1.90 bits per heavy atom. The topological polar surface area (TPSA) is 121 Å². The van der Waals surface area contributed by atoms with Crippen LogP contribution < -0.4 is 14.8 Å². The summed E-state index contributed by atoms with van der Waals surface area (Å²) in [4.78, 5) is 12.1. The molecule has 0 aliphatic rings. The van der Waals surface area contributed by atoms with Crippen molar-refractivity contribution in [2.24, 2.45) is 0 Å². The number of amides is 1. The molecule has 0 bridgehead atoms. The molecule has 9 heteroatoms. The number of sulfonamides is 1. The Morgan fingerprint density at radius 1 is 1.10 bits per heavy atom. The minimum absolute atomic E-state index is 0.00914. The van der Waals surface area contributed by atoms with Gasteiger partial charge in [-0.15, -0.1) is 0 Å². The maximum atomic E-state index is 12.4. The second-order valence-corrected chi connectivity index (χ2v) is 7.67. The van der Waals surface area contributed by atoms with E-state index in [2.05, 4.69) is 10.0 Å². The zero-order valence-electron chi connectivity index (χ0n) is 15.2. The van der Waals surface area contributed by atoms with Crippen molar-refractivity contribution in [3.05, 3.63) is 78.3 Å². The Labute approximate surface area is 167 Å². The highest BCUT2D eigenvalue weighted by Crippen LogP contribution is 2.16. The van der Waals surface area contributed by atoms with Gasteiger partial charge in [0.15, 0.2) is 6.61 Å². The molecule has 8 nitrogen and oxygen atoms in total. The number of anilines is 1. The first kappa shape index (κ1) is 20.1. The summed E-state index contributed by atoms with van der Waals surface area (Å²) in [7, 11) is -3.78. The van der Waals surface area contributed by atoms with Gasteiger partial charge in [0.05, 0.1) is 29.3 Å². The van der Waals surface area contributed by atoms with Crippen molar-refractivity contribution < 1.29 is 22.4 Å². The summed E-state index contributed by atoms with van der Waals surface area (Å²) < 4.78 is 37.7. The molecule has 1 heterocycles. The maximum Gasteiger partial charge on any atom is 0.262 e. The predicted octanol–water partition coefficient (Wildman–Crippen LogP) is 2.65. The zero-order chi connectivity index (χ0) is 20.7. The Morgan fingerprint density at radius 3 is 2.59 bits per heavy atom. The molecule has 1 aromatic heterocycles. The van der Waals surface area contributed by atoms with Crippen molar-refractivity contribution in [3.8, 4) is 11.8 Å². The molecule has 0 radical (unpaired) electrons. The average molecular weight is 411 g/mol. The Bertz CT molecular complexity index is 1120. The fourth-order valence-corrected chi connectivity index (χ4v) is 3.41. The van der Waals surface area contributed by atoms with E-state index < -0.39 is 15.9 Å². The largest absolute Gasteiger partial charge is 0.484 e. The second-order valence-electron chi connectivity index (χ2n) is 5.90. The van der Waals surface area contributed by atoms with E-state index in [4.69, 9.17) is 14.4 Å². The van der Waals surface area contributed by atoms with Gasteiger partial charge >= 0.3 is 0 Å². The third kappa shape index (κ3) is 5.68. The summed E-state index contributed by atoms with van der Waals surface area (Å²) in [5.41, 5.74) is 0.805. The number of hydrogen-bond acceptors (Lipinski definition) is 6. The summed E-state index contributed by atoms with van der Waals surface area (Å²) in [6.07, 6.45) is 1.46. The molecule has 148 valence electrons. The molecule has 29 heavy (non-hydrogen) atoms. The van der Waals surface area contributed by atoms with Gasteiger partial charge in [0.2, 0.25) is 10.0 Å². The predicted molar refractivity (Wildman–Crippen MR) is 104 cm³/mol. The zero-order valence-corrected chi connectivity index (χ0v) is 16.0. The summed E-state index contributed by atoms with van der Waals surface area (Å²) in [6.45, 7) is -0.246. The van der Waals surface area contributed by atoms with E-state index in [0.29, 0.717) is 22.8 Å². The average Bonchev–Trinajstić information content (AvgIpc) is 3.25. The fourth-order valence-electron chi connectivity index (χ4n) is 2.38. The highest BCUT2D eigenvalue weighted by molar-refractivity contribution is 7.89. The summed E-state index contributed by atoms with van der Waals surface area (Å²) in [5, 5.41) is 11.4. The smallest absolute Gasteiger partial charge is 0.262 e. The number of rotatable bonds is 8. The highest BCUT2D eigenvalue weighted by Gasteiger charge is 2.15. The first-order valence-electron chi connectivity index (χ1n) is 8.51. The van der Waals surface area contributed by atoms with Crippen molar-refractivity contribution in [2.75, 3.05) is 11.9 Å². The molecule has 2 aromatic carbocycles. The van der Waals surface area contributed by atoms with Crippen LogP contribution in [0.4, 0.5) is 5.69 Å². The number of carbonyl (C=O) groups is 1. The standard InChI is InChI=1S/C20H17N3O5S/c21-12-15-6-8-17(9-7-15)28-14-20(24)23-16-3-1-5-19(11-16)29(25,26)22-13-18-4-2-10-27-18/h1-11,22H,13-14H2,(H,23,24). The molecule has 0 saturated carbocycles. The van der Waals surface area contributed by atoms with Crippen LogP contribution in [0.1, 0.15) is 11.3 Å². The van der Waals surface area contributed by atoms with Gasteiger partial charge in [0.25, 0.3) is 5.91 Å². The number of nitrogens with one attached hydrogen (secondary N) is 2. The lowest BCUT2D eigenvalue weighted by Gasteiger charge is -2.10. The molecular weight excluding hydrogens is 394 g/mol. The molecule has 0 spiro atoms. The SMILES string of the molecule is N#Cc1ccc(OCC(=O)Nc2cccc(S(=O)(=O)NCc3ccco3)c2)cc1. The number of hydrogen-bond donors (Lipinski definition) is 2. The number of nitriles is 1. The van der Waals surface area contributed by atoms with E-state index in [-0.39, 0.29) is 18.0 Å². The van der Waals surface area contributed by atoms with Gasteiger partial charge in [-0.1, -0.05) is 6.07 Å². The van der Waals surface area contributed by atoms with Gasteiger partial charge in [-0.05, 0) is 54.6 Å². The van der Waals surface area contributed by atoms with Crippen molar-refractivity contribution in [1.82, 2.24) is 4.72 Å². The van der Waals surface area contributed by atoms with E-state index in [0.717, 1.165) is 0 Å². The number of nitrogens with zero attached hydrogens (tertiary/aromatic N) is 1. The van der Waals surface area contributed by atoms with E-state index in [1.807, 2.05) is 6.07 Å². The van der Waals surface area contributed by atoms with Crippen LogP contribution in [-0.2, 0) is 21.4 Å². The molecule has 3 aromatic rings. The van der Waals surface area contributed by atoms with Gasteiger partial charge in [-0.3, -0.25) is 4.79 Å². The van der Waals surface area contributed by atoms with Gasteiger partial charge in [0, 0.05) is 5.69 Å². The number of benzene rings is 2. The van der Waals surface area contributed by atoms with Crippen LogP contribution in [0.2, 0.25) is 0 Å². The van der Waals surface area contributed by atoms with Gasteiger partial charge in [-0.25, -0.2) is 13.1 Å². The third-order valence-corrected chi connectivity index (χ3v) is 5.20. The van der Waals surface area contributed by atoms with E-state index >= 15 is 0 Å². The van der Waals surface area contributed by atoms with Crippen LogP contribution in [0, 0.1) is 11.3 Å². The van der Waals surface area contributed by atoms with Crippen LogP contribution in [-0.4, -0.2) is 20.9 Å². The molecule has 0 fully saturated rings. The second kappa shape index (κ2) is 9.05. The van der Waals surface area contributed by atoms with E-state index in [1.54, 1.807) is 42.5 Å². The Kier molecular flexibility index (Phi) is 6.29. The first-order valence-corrected chi connectivity index (χ1v) is 9.99. The first-order chi connectivity index (χ1) is 14.0. The molecule has 0 aliphatic carbocycles. The lowest BCUT2D eigenvalue weighted by Crippen LogP contribution is -2.24. The van der Waals surface area contributed by atoms with Crippen molar-refractivity contribution >= 4 is 21.6 Å². The molecular formula is C20H17N3O5S. The Balaban J connectivity index is 1.58. The van der Waals surface area contributed by atoms with Crippen molar-refractivity contribution in [2.45, 2.75) is 11.4 Å². The maximum absolute atomic E-state index is 12.4. The summed E-state index contributed by atoms with van der Waals surface area (Å²) >= 11 is 0. The van der Waals surface area contributed by atoms with Gasteiger partial charge < -0.3 is 14.5 Å². The minimum atomic E-state index is -3.78. The number of furan rings is 1. The monoisotopic (exact) mass is 411 g/mol. The van der Waals surface area contributed by atoms with E-state index in [9.17, 15) is 13.2 Å². The van der Waals surface area contributed by atoms with Crippen LogP contribution in [0.25, 0.3) is 0 Å². The Hall–Kier alpha value is -3.61. The highest BCUT2D eigenvalue weighted by atomic mass is 32.2. The molecule has 0 atom stereocenters. The van der Waals surface area contributed by atoms with Crippen molar-refractivity contribution in [1.29, 1.82) is 5.26 Å². The third-order valence-electron chi connectivity index (χ3n) is 3.80. The van der Waals surface area contributed by atoms with Crippen LogP contribution in [0.5, 0.6) is 5.75 Å². The van der Waals surface area contributed by atoms with Gasteiger partial charge in [-0.2, -0.15) is 5.26 Å². The normalized spacial score (nSPS) is 10.9. The molecule has 0 unspecified atom stereocenters. The van der Waals surface area contributed by atoms with Crippen LogP contribution in [0.15, 0.2) is 76.2 Å². The number of carbonyl (C=O) groups excluding carboxylic acids is 1. The lowest BCUT2D eigenvalue weighted by molar-refractivity contribution is -0.118. The van der Waals surface area contributed by atoms with Gasteiger partial charge in [0.1, 0.15) is 11.5 Å². The van der Waals surface area contributed by atoms with E-state index in [1.165, 1.54) is 24.5 Å². The molecule has 1 amide bonds.